The third kappa shape index (κ3) is 12.6. The molecule has 0 aromatic heterocycles. The van der Waals surface area contributed by atoms with Crippen molar-refractivity contribution in [3.8, 4) is 22.3 Å². The molecule has 4 atom stereocenters. The molecular weight excluding hydrogens is 905 g/mol. The van der Waals surface area contributed by atoms with E-state index in [-0.39, 0.29) is 46.8 Å². The van der Waals surface area contributed by atoms with Gasteiger partial charge in [0.15, 0.2) is 0 Å². The molecule has 0 bridgehead atoms. The molecule has 0 fully saturated rings. The molecule has 336 valence electrons. The van der Waals surface area contributed by atoms with Gasteiger partial charge >= 0.3 is 23.9 Å². The zero-order valence-corrected chi connectivity index (χ0v) is 38.2. The zero-order valence-electron chi connectivity index (χ0n) is 34.9. The summed E-state index contributed by atoms with van der Waals surface area (Å²) in [7, 11) is 8.87. The molecule has 4 amide bonds. The normalized spacial score (nSPS) is 19.3. The van der Waals surface area contributed by atoms with Gasteiger partial charge in [-0.05, 0) is 46.5 Å². The molecule has 1 aliphatic heterocycles. The second-order valence-corrected chi connectivity index (χ2v) is 18.7. The van der Waals surface area contributed by atoms with E-state index >= 15 is 0 Å². The minimum Gasteiger partial charge on any atom is -0.468 e. The number of ether oxygens (including phenoxy) is 4. The van der Waals surface area contributed by atoms with Gasteiger partial charge in [-0.3, -0.25) is 28.8 Å². The van der Waals surface area contributed by atoms with E-state index in [4.69, 9.17) is 18.9 Å². The Morgan fingerprint density at radius 3 is 0.969 bits per heavy atom. The maximum absolute atomic E-state index is 13.9. The monoisotopic (exact) mass is 948 g/mol. The number of esters is 4. The number of benzene rings is 4. The molecule has 16 nitrogen and oxygen atoms in total. The van der Waals surface area contributed by atoms with Crippen molar-refractivity contribution < 1.29 is 57.3 Å². The molecule has 4 aromatic carbocycles. The lowest BCUT2D eigenvalue weighted by atomic mass is 9.94. The van der Waals surface area contributed by atoms with Gasteiger partial charge in [-0.15, -0.1) is 0 Å². The van der Waals surface area contributed by atoms with Crippen molar-refractivity contribution in [2.45, 2.75) is 22.6 Å². The van der Waals surface area contributed by atoms with Gasteiger partial charge in [-0.1, -0.05) is 116 Å². The van der Waals surface area contributed by atoms with Crippen molar-refractivity contribution in [3.05, 3.63) is 119 Å². The Bertz CT molecular complexity index is 2220. The molecule has 0 aliphatic carbocycles. The number of nitrogens with one attached hydrogen (secondary N) is 4. The molecule has 1 aliphatic rings. The number of hydrogen-bond donors (Lipinski definition) is 4. The van der Waals surface area contributed by atoms with Crippen LogP contribution < -0.4 is 21.3 Å². The fourth-order valence-electron chi connectivity index (χ4n) is 6.26. The first kappa shape index (κ1) is 49.1. The summed E-state index contributed by atoms with van der Waals surface area (Å²) in [6.07, 6.45) is 0. The molecule has 0 saturated carbocycles. The summed E-state index contributed by atoms with van der Waals surface area (Å²) in [6, 6.07) is 23.7. The van der Waals surface area contributed by atoms with Crippen molar-refractivity contribution in [1.82, 2.24) is 21.3 Å². The Morgan fingerprint density at radius 1 is 0.422 bits per heavy atom. The van der Waals surface area contributed by atoms with Crippen LogP contribution in [0, 0.1) is 0 Å². The summed E-state index contributed by atoms with van der Waals surface area (Å²) < 4.78 is 20.0. The average Bonchev–Trinajstić information content (AvgIpc) is 3.33. The molecule has 20 heteroatoms. The van der Waals surface area contributed by atoms with Gasteiger partial charge in [0.2, 0.25) is 0 Å². The maximum atomic E-state index is 13.9. The maximum Gasteiger partial charge on any atom is 0.329 e. The quantitative estimate of drug-likeness (QED) is 0.125. The molecule has 0 radical (unpaired) electrons. The van der Waals surface area contributed by atoms with Crippen LogP contribution in [-0.4, -0.2) is 123 Å². The van der Waals surface area contributed by atoms with Gasteiger partial charge < -0.3 is 40.2 Å². The summed E-state index contributed by atoms with van der Waals surface area (Å²) in [5.74, 6) is -5.36. The lowest BCUT2D eigenvalue weighted by Crippen LogP contribution is -2.44. The van der Waals surface area contributed by atoms with Gasteiger partial charge in [-0.2, -0.15) is 0 Å². The Morgan fingerprint density at radius 2 is 0.688 bits per heavy atom. The van der Waals surface area contributed by atoms with Crippen molar-refractivity contribution in [1.29, 1.82) is 0 Å². The molecule has 1 heterocycles. The van der Waals surface area contributed by atoms with Gasteiger partial charge in [0.25, 0.3) is 23.6 Å². The Balaban J connectivity index is 1.53. The van der Waals surface area contributed by atoms with E-state index in [2.05, 4.69) is 21.3 Å². The lowest BCUT2D eigenvalue weighted by Gasteiger charge is -2.21. The molecule has 5 rings (SSSR count). The Labute approximate surface area is 384 Å². The van der Waals surface area contributed by atoms with E-state index in [0.29, 0.717) is 22.3 Å². The number of rotatable bonds is 4. The highest BCUT2D eigenvalue weighted by Crippen LogP contribution is 2.34. The van der Waals surface area contributed by atoms with Crippen molar-refractivity contribution in [3.63, 3.8) is 0 Å². The van der Waals surface area contributed by atoms with Crippen LogP contribution in [0.1, 0.15) is 41.4 Å². The first-order valence-corrected chi connectivity index (χ1v) is 24.1. The van der Waals surface area contributed by atoms with Gasteiger partial charge in [0, 0.05) is 46.8 Å². The number of fused-ring (bicyclic) bond motifs is 6. The van der Waals surface area contributed by atoms with E-state index in [0.717, 1.165) is 43.2 Å². The zero-order chi connectivity index (χ0) is 46.2. The van der Waals surface area contributed by atoms with Crippen LogP contribution in [0.3, 0.4) is 0 Å². The first-order valence-electron chi connectivity index (χ1n) is 19.3. The fourth-order valence-corrected chi connectivity index (χ4v) is 11.2. The summed E-state index contributed by atoms with van der Waals surface area (Å²) >= 11 is 0. The summed E-state index contributed by atoms with van der Waals surface area (Å²) in [4.78, 5) is 108. The topological polar surface area (TPSA) is 222 Å². The molecular formula is C44H44N4O12S4. The predicted molar refractivity (Wildman–Crippen MR) is 247 cm³/mol. The highest BCUT2D eigenvalue weighted by Gasteiger charge is 2.31. The van der Waals surface area contributed by atoms with Gasteiger partial charge in [-0.25, -0.2) is 9.59 Å². The van der Waals surface area contributed by atoms with Gasteiger partial charge in [0.05, 0.1) is 28.4 Å². The van der Waals surface area contributed by atoms with E-state index in [1.54, 1.807) is 84.9 Å². The van der Waals surface area contributed by atoms with Crippen LogP contribution >= 0.6 is 43.2 Å². The van der Waals surface area contributed by atoms with Crippen LogP contribution in [0.4, 0.5) is 0 Å². The van der Waals surface area contributed by atoms with Crippen LogP contribution in [-0.2, 0) is 38.1 Å². The Hall–Kier alpha value is -5.96. The number of carbonyl (C=O) groups is 8. The number of carbonyl (C=O) groups excluding carboxylic acids is 8. The molecule has 0 spiro atoms. The summed E-state index contributed by atoms with van der Waals surface area (Å²) in [6.45, 7) is -0.478. The standard InChI is InChI=1S/C44H44N4O12S4/c1-57-41(53)33-23-61-62-24-34(42(54)58-2)48-40(52)32-20-12-8-16-28(32)26-14-6-10-18-30(26)38(50)46-22-36(44(56)60-4)64-63-35(43(55)59-3)21-45-37(49)29-17-9-5-13-25(29)27-15-7-11-19-31(27)39(51)47-33/h5-20,33-36H,21-24H2,1-4H3,(H,45,49)(H,46,50)(H,47,51)(H,48,52). The molecule has 64 heavy (non-hydrogen) atoms. The van der Waals surface area contributed by atoms with Gasteiger partial charge in [0.1, 0.15) is 22.6 Å². The second-order valence-electron chi connectivity index (χ2n) is 13.5. The molecule has 4 unspecified atom stereocenters. The molecule has 4 N–H and O–H groups in total. The van der Waals surface area contributed by atoms with E-state index in [9.17, 15) is 38.4 Å². The van der Waals surface area contributed by atoms with E-state index < -0.39 is 70.1 Å². The van der Waals surface area contributed by atoms with Crippen molar-refractivity contribution >= 4 is 90.7 Å². The smallest absolute Gasteiger partial charge is 0.329 e. The minimum absolute atomic E-state index is 0.00814. The lowest BCUT2D eigenvalue weighted by molar-refractivity contribution is -0.143. The number of amides is 4. The van der Waals surface area contributed by atoms with Crippen LogP contribution in [0.2, 0.25) is 0 Å². The first-order chi connectivity index (χ1) is 30.9. The van der Waals surface area contributed by atoms with Crippen LogP contribution in [0.5, 0.6) is 0 Å². The molecule has 4 aromatic rings. The third-order valence-corrected chi connectivity index (χ3v) is 15.0. The van der Waals surface area contributed by atoms with Crippen molar-refractivity contribution in [2.75, 3.05) is 53.0 Å². The third-order valence-electron chi connectivity index (χ3n) is 9.51. The Kier molecular flexibility index (Phi) is 18.5. The van der Waals surface area contributed by atoms with Crippen LogP contribution in [0.15, 0.2) is 97.1 Å². The van der Waals surface area contributed by atoms with E-state index in [1.807, 2.05) is 0 Å². The van der Waals surface area contributed by atoms with E-state index in [1.165, 1.54) is 40.6 Å². The highest BCUT2D eigenvalue weighted by molar-refractivity contribution is 8.77. The minimum atomic E-state index is -1.16. The van der Waals surface area contributed by atoms with Crippen molar-refractivity contribution in [2.24, 2.45) is 0 Å². The average molecular weight is 949 g/mol. The molecule has 0 saturated heterocycles. The second kappa shape index (κ2) is 24.2. The number of hydrogen-bond acceptors (Lipinski definition) is 16. The largest absolute Gasteiger partial charge is 0.468 e. The fraction of sp³-hybridized carbons (Fsp3) is 0.273. The highest BCUT2D eigenvalue weighted by atomic mass is 33.1. The SMILES string of the molecule is COC(=O)C1CSSCC(C(=O)OC)NC(=O)c2ccccc2-c2ccccc2C(=O)NCC(C(=O)OC)SSC(C(=O)OC)CNC(=O)c2ccccc2-c2ccccc2C(=O)N1. The van der Waals surface area contributed by atoms with Crippen LogP contribution in [0.25, 0.3) is 22.3 Å². The summed E-state index contributed by atoms with van der Waals surface area (Å²) in [5, 5.41) is 8.91. The number of methoxy groups -OCH3 is 4. The summed E-state index contributed by atoms with van der Waals surface area (Å²) in [5.41, 5.74) is 2.08. The predicted octanol–water partition coefficient (Wildman–Crippen LogP) is 4.58.